The van der Waals surface area contributed by atoms with E-state index in [1.165, 1.54) is 0 Å². The highest BCUT2D eigenvalue weighted by atomic mass is 35.5. The Labute approximate surface area is 144 Å². The number of rotatable bonds is 4. The van der Waals surface area contributed by atoms with Gasteiger partial charge in [0.25, 0.3) is 5.91 Å². The summed E-state index contributed by atoms with van der Waals surface area (Å²) >= 11 is 6.07. The Kier molecular flexibility index (Phi) is 4.89. The summed E-state index contributed by atoms with van der Waals surface area (Å²) in [7, 11) is 0. The molecule has 1 heterocycles. The van der Waals surface area contributed by atoms with Gasteiger partial charge in [-0.2, -0.15) is 0 Å². The van der Waals surface area contributed by atoms with Crippen LogP contribution in [0.5, 0.6) is 0 Å². The predicted molar refractivity (Wildman–Crippen MR) is 94.1 cm³/mol. The summed E-state index contributed by atoms with van der Waals surface area (Å²) < 4.78 is 0. The average Bonchev–Trinajstić information content (AvgIpc) is 2.64. The summed E-state index contributed by atoms with van der Waals surface area (Å²) in [6, 6.07) is 17.5. The molecule has 0 aliphatic rings. The molecule has 1 aromatic heterocycles. The fraction of sp³-hybridized carbons (Fsp3) is 0.0526. The van der Waals surface area contributed by atoms with E-state index in [2.05, 4.69) is 10.3 Å². The average molecular weight is 339 g/mol. The Bertz CT molecular complexity index is 839. The summed E-state index contributed by atoms with van der Waals surface area (Å²) in [5.74, 6) is -0.277. The SMILES string of the molecule is O=C(Nc1ccc(Cl)cc1[C@@H](O)c1ccccc1)c1ccncc1. The van der Waals surface area contributed by atoms with Gasteiger partial charge in [0.2, 0.25) is 0 Å². The monoisotopic (exact) mass is 338 g/mol. The van der Waals surface area contributed by atoms with E-state index in [4.69, 9.17) is 11.6 Å². The smallest absolute Gasteiger partial charge is 0.255 e. The van der Waals surface area contributed by atoms with Gasteiger partial charge in [0.15, 0.2) is 0 Å². The van der Waals surface area contributed by atoms with Crippen molar-refractivity contribution in [3.8, 4) is 0 Å². The fourth-order valence-corrected chi connectivity index (χ4v) is 2.57. The fourth-order valence-electron chi connectivity index (χ4n) is 2.39. The first-order valence-electron chi connectivity index (χ1n) is 7.39. The second-order valence-corrected chi connectivity index (χ2v) is 5.67. The van der Waals surface area contributed by atoms with Gasteiger partial charge in [-0.15, -0.1) is 0 Å². The second-order valence-electron chi connectivity index (χ2n) is 5.23. The lowest BCUT2D eigenvalue weighted by atomic mass is 9.99. The zero-order chi connectivity index (χ0) is 16.9. The van der Waals surface area contributed by atoms with Crippen LogP contribution in [0, 0.1) is 0 Å². The Morgan fingerprint density at radius 1 is 1.04 bits per heavy atom. The van der Waals surface area contributed by atoms with Crippen molar-refractivity contribution in [3.05, 3.63) is 94.8 Å². The van der Waals surface area contributed by atoms with E-state index in [0.717, 1.165) is 5.56 Å². The van der Waals surface area contributed by atoms with Crippen molar-refractivity contribution in [2.45, 2.75) is 6.10 Å². The van der Waals surface area contributed by atoms with Crippen molar-refractivity contribution in [1.29, 1.82) is 0 Å². The van der Waals surface area contributed by atoms with Gasteiger partial charge in [-0.25, -0.2) is 0 Å². The number of carbonyl (C=O) groups is 1. The van der Waals surface area contributed by atoms with E-state index in [-0.39, 0.29) is 5.91 Å². The molecular formula is C19H15ClN2O2. The second kappa shape index (κ2) is 7.25. The van der Waals surface area contributed by atoms with Gasteiger partial charge in [0, 0.05) is 34.2 Å². The number of anilines is 1. The maximum Gasteiger partial charge on any atom is 0.255 e. The van der Waals surface area contributed by atoms with Crippen LogP contribution in [-0.4, -0.2) is 16.0 Å². The lowest BCUT2D eigenvalue weighted by Crippen LogP contribution is -2.14. The predicted octanol–water partition coefficient (Wildman–Crippen LogP) is 4.07. The molecule has 4 nitrogen and oxygen atoms in total. The van der Waals surface area contributed by atoms with Gasteiger partial charge in [0.1, 0.15) is 6.10 Å². The van der Waals surface area contributed by atoms with Crippen LogP contribution >= 0.6 is 11.6 Å². The Hall–Kier alpha value is -2.69. The minimum Gasteiger partial charge on any atom is -0.384 e. The van der Waals surface area contributed by atoms with Crippen LogP contribution in [0.25, 0.3) is 0 Å². The number of benzene rings is 2. The highest BCUT2D eigenvalue weighted by Gasteiger charge is 2.17. The third-order valence-electron chi connectivity index (χ3n) is 3.61. The van der Waals surface area contributed by atoms with E-state index < -0.39 is 6.10 Å². The third kappa shape index (κ3) is 3.62. The van der Waals surface area contributed by atoms with Gasteiger partial charge in [-0.1, -0.05) is 41.9 Å². The quantitative estimate of drug-likeness (QED) is 0.753. The van der Waals surface area contributed by atoms with Crippen LogP contribution in [0.15, 0.2) is 73.1 Å². The van der Waals surface area contributed by atoms with Crippen LogP contribution < -0.4 is 5.32 Å². The summed E-state index contributed by atoms with van der Waals surface area (Å²) in [4.78, 5) is 16.3. The zero-order valence-electron chi connectivity index (χ0n) is 12.7. The van der Waals surface area contributed by atoms with E-state index in [1.54, 1.807) is 42.7 Å². The van der Waals surface area contributed by atoms with E-state index in [1.807, 2.05) is 30.3 Å². The van der Waals surface area contributed by atoms with Gasteiger partial charge in [-0.3, -0.25) is 9.78 Å². The molecule has 0 saturated carbocycles. The normalized spacial score (nSPS) is 11.8. The molecule has 0 saturated heterocycles. The highest BCUT2D eigenvalue weighted by Crippen LogP contribution is 2.31. The highest BCUT2D eigenvalue weighted by molar-refractivity contribution is 6.30. The van der Waals surface area contributed by atoms with E-state index >= 15 is 0 Å². The molecule has 0 unspecified atom stereocenters. The number of hydrogen-bond donors (Lipinski definition) is 2. The lowest BCUT2D eigenvalue weighted by Gasteiger charge is -2.17. The summed E-state index contributed by atoms with van der Waals surface area (Å²) in [5, 5.41) is 14.0. The number of aliphatic hydroxyl groups excluding tert-OH is 1. The van der Waals surface area contributed by atoms with Gasteiger partial charge < -0.3 is 10.4 Å². The minimum atomic E-state index is -0.891. The molecule has 3 rings (SSSR count). The molecular weight excluding hydrogens is 324 g/mol. The molecule has 0 aliphatic carbocycles. The van der Waals surface area contributed by atoms with Gasteiger partial charge >= 0.3 is 0 Å². The topological polar surface area (TPSA) is 62.2 Å². The molecule has 3 aromatic rings. The molecule has 0 bridgehead atoms. The Morgan fingerprint density at radius 2 is 1.75 bits per heavy atom. The molecule has 24 heavy (non-hydrogen) atoms. The summed E-state index contributed by atoms with van der Waals surface area (Å²) in [5.41, 5.74) is 2.26. The zero-order valence-corrected chi connectivity index (χ0v) is 13.4. The number of halogens is 1. The van der Waals surface area contributed by atoms with Crippen LogP contribution in [0.1, 0.15) is 27.6 Å². The van der Waals surface area contributed by atoms with Gasteiger partial charge in [-0.05, 0) is 35.9 Å². The minimum absolute atomic E-state index is 0.277. The van der Waals surface area contributed by atoms with Crippen molar-refractivity contribution in [2.75, 3.05) is 5.32 Å². The molecule has 0 fully saturated rings. The molecule has 1 amide bonds. The van der Waals surface area contributed by atoms with Crippen molar-refractivity contribution >= 4 is 23.2 Å². The van der Waals surface area contributed by atoms with Crippen molar-refractivity contribution < 1.29 is 9.90 Å². The Morgan fingerprint density at radius 3 is 2.46 bits per heavy atom. The van der Waals surface area contributed by atoms with Crippen LogP contribution in [0.4, 0.5) is 5.69 Å². The standard InChI is InChI=1S/C19H15ClN2O2/c20-15-6-7-17(22-19(24)14-8-10-21-11-9-14)16(12-15)18(23)13-4-2-1-3-5-13/h1-12,18,23H,(H,22,24)/t18-/m0/s1. The first-order valence-corrected chi connectivity index (χ1v) is 7.77. The number of hydrogen-bond acceptors (Lipinski definition) is 3. The first-order chi connectivity index (χ1) is 11.6. The van der Waals surface area contributed by atoms with Crippen LogP contribution in [0.3, 0.4) is 0 Å². The molecule has 5 heteroatoms. The van der Waals surface area contributed by atoms with Crippen LogP contribution in [0.2, 0.25) is 5.02 Å². The van der Waals surface area contributed by atoms with E-state index in [0.29, 0.717) is 21.8 Å². The van der Waals surface area contributed by atoms with Crippen molar-refractivity contribution in [3.63, 3.8) is 0 Å². The number of aliphatic hydroxyl groups is 1. The molecule has 120 valence electrons. The number of amides is 1. The number of pyridine rings is 1. The lowest BCUT2D eigenvalue weighted by molar-refractivity contribution is 0.102. The number of carbonyl (C=O) groups excluding carboxylic acids is 1. The van der Waals surface area contributed by atoms with E-state index in [9.17, 15) is 9.90 Å². The van der Waals surface area contributed by atoms with Crippen molar-refractivity contribution in [1.82, 2.24) is 4.98 Å². The number of nitrogens with one attached hydrogen (secondary N) is 1. The third-order valence-corrected chi connectivity index (χ3v) is 3.85. The number of aromatic nitrogens is 1. The maximum atomic E-state index is 12.4. The largest absolute Gasteiger partial charge is 0.384 e. The van der Waals surface area contributed by atoms with Crippen LogP contribution in [-0.2, 0) is 0 Å². The maximum absolute atomic E-state index is 12.4. The molecule has 0 aliphatic heterocycles. The molecule has 0 radical (unpaired) electrons. The molecule has 0 spiro atoms. The number of nitrogens with zero attached hydrogens (tertiary/aromatic N) is 1. The molecule has 2 aromatic carbocycles. The first kappa shape index (κ1) is 16.2. The van der Waals surface area contributed by atoms with Gasteiger partial charge in [0.05, 0.1) is 0 Å². The summed E-state index contributed by atoms with van der Waals surface area (Å²) in [6.07, 6.45) is 2.21. The summed E-state index contributed by atoms with van der Waals surface area (Å²) in [6.45, 7) is 0. The molecule has 1 atom stereocenters. The van der Waals surface area contributed by atoms with Crippen molar-refractivity contribution in [2.24, 2.45) is 0 Å². The Balaban J connectivity index is 1.93. The molecule has 2 N–H and O–H groups in total.